The number of anilines is 1. The van der Waals surface area contributed by atoms with Crippen LogP contribution in [0.15, 0.2) is 15.3 Å². The number of morpholine rings is 1. The molecule has 208 valence electrons. The van der Waals surface area contributed by atoms with Crippen molar-refractivity contribution in [1.29, 1.82) is 0 Å². The van der Waals surface area contributed by atoms with Gasteiger partial charge >= 0.3 is 11.8 Å². The molecule has 12 heteroatoms. The molecule has 1 amide bonds. The van der Waals surface area contributed by atoms with E-state index in [0.717, 1.165) is 18.5 Å². The number of hydrogen-bond acceptors (Lipinski definition) is 8. The van der Waals surface area contributed by atoms with E-state index in [4.69, 9.17) is 25.8 Å². The van der Waals surface area contributed by atoms with Crippen LogP contribution in [0.3, 0.4) is 0 Å². The highest BCUT2D eigenvalue weighted by atomic mass is 79.9. The van der Waals surface area contributed by atoms with Crippen molar-refractivity contribution in [3.63, 3.8) is 0 Å². The predicted octanol–water partition coefficient (Wildman–Crippen LogP) is 3.74. The van der Waals surface area contributed by atoms with Gasteiger partial charge in [0.15, 0.2) is 5.75 Å². The standard InChI is InChI=1S/C26H35BrClN5O5/c1-15-12-32(25(35)38-26(3,4)5)16(2)11-31(15)23-18-10-19(28)20(27)22-21(18)33(24(34)29-23)13-17(14-37-22)30-6-8-36-9-7-30/h10,15-17H,6-9,11-14H2,1-5H3. The molecule has 0 radical (unpaired) electrons. The van der Waals surface area contributed by atoms with E-state index < -0.39 is 5.60 Å². The van der Waals surface area contributed by atoms with E-state index in [1.807, 2.05) is 40.7 Å². The predicted molar refractivity (Wildman–Crippen MR) is 150 cm³/mol. The van der Waals surface area contributed by atoms with Crippen LogP contribution in [-0.4, -0.2) is 95.2 Å². The van der Waals surface area contributed by atoms with E-state index in [-0.39, 0.29) is 29.9 Å². The molecular weight excluding hydrogens is 578 g/mol. The van der Waals surface area contributed by atoms with Crippen LogP contribution >= 0.6 is 27.5 Å². The molecule has 5 rings (SSSR count). The summed E-state index contributed by atoms with van der Waals surface area (Å²) in [5.74, 6) is 1.10. The molecule has 3 aliphatic heterocycles. The van der Waals surface area contributed by atoms with Crippen LogP contribution in [0.25, 0.3) is 10.9 Å². The van der Waals surface area contributed by atoms with Crippen molar-refractivity contribution >= 4 is 50.3 Å². The number of aromatic nitrogens is 2. The number of ether oxygens (including phenoxy) is 3. The van der Waals surface area contributed by atoms with Crippen molar-refractivity contribution in [2.75, 3.05) is 50.9 Å². The number of hydrogen-bond donors (Lipinski definition) is 0. The Hall–Kier alpha value is -2.08. The van der Waals surface area contributed by atoms with Crippen molar-refractivity contribution in [2.24, 2.45) is 0 Å². The maximum absolute atomic E-state index is 13.6. The van der Waals surface area contributed by atoms with E-state index in [1.54, 1.807) is 9.47 Å². The van der Waals surface area contributed by atoms with Crippen LogP contribution in [0.5, 0.6) is 5.75 Å². The minimum absolute atomic E-state index is 0.00171. The molecule has 0 aliphatic carbocycles. The number of halogens is 2. The molecule has 0 spiro atoms. The van der Waals surface area contributed by atoms with Gasteiger partial charge in [0.2, 0.25) is 0 Å². The number of nitrogens with zero attached hydrogens (tertiary/aromatic N) is 5. The van der Waals surface area contributed by atoms with Gasteiger partial charge in [-0.25, -0.2) is 9.59 Å². The van der Waals surface area contributed by atoms with Crippen molar-refractivity contribution in [3.05, 3.63) is 26.0 Å². The van der Waals surface area contributed by atoms with Crippen LogP contribution in [0, 0.1) is 0 Å². The van der Waals surface area contributed by atoms with Gasteiger partial charge in [-0.2, -0.15) is 4.98 Å². The van der Waals surface area contributed by atoms with E-state index in [9.17, 15) is 9.59 Å². The van der Waals surface area contributed by atoms with E-state index in [0.29, 0.717) is 66.0 Å². The van der Waals surface area contributed by atoms with Gasteiger partial charge in [-0.1, -0.05) is 11.6 Å². The second-order valence-corrected chi connectivity index (χ2v) is 12.5. The lowest BCUT2D eigenvalue weighted by molar-refractivity contribution is 0.00328. The second-order valence-electron chi connectivity index (χ2n) is 11.3. The average molecular weight is 613 g/mol. The number of benzene rings is 1. The van der Waals surface area contributed by atoms with Gasteiger partial charge in [-0.3, -0.25) is 9.47 Å². The van der Waals surface area contributed by atoms with Gasteiger partial charge in [0.25, 0.3) is 0 Å². The molecule has 2 aromatic rings. The van der Waals surface area contributed by atoms with Crippen LogP contribution in [-0.2, 0) is 16.0 Å². The molecule has 38 heavy (non-hydrogen) atoms. The number of piperazine rings is 1. The highest BCUT2D eigenvalue weighted by molar-refractivity contribution is 9.10. The van der Waals surface area contributed by atoms with Gasteiger partial charge in [-0.15, -0.1) is 0 Å². The third kappa shape index (κ3) is 5.22. The van der Waals surface area contributed by atoms with Gasteiger partial charge in [-0.05, 0) is 56.6 Å². The number of amides is 1. The lowest BCUT2D eigenvalue weighted by atomic mass is 10.1. The van der Waals surface area contributed by atoms with Gasteiger partial charge < -0.3 is 24.0 Å². The molecule has 3 atom stereocenters. The molecule has 10 nitrogen and oxygen atoms in total. The Morgan fingerprint density at radius 1 is 1.16 bits per heavy atom. The fourth-order valence-electron chi connectivity index (χ4n) is 5.46. The molecule has 2 saturated heterocycles. The summed E-state index contributed by atoms with van der Waals surface area (Å²) in [6, 6.07) is 1.59. The quantitative estimate of drug-likeness (QED) is 0.507. The average Bonchev–Trinajstić information content (AvgIpc) is 3.06. The Kier molecular flexibility index (Phi) is 7.58. The zero-order valence-electron chi connectivity index (χ0n) is 22.5. The largest absolute Gasteiger partial charge is 0.488 e. The Morgan fingerprint density at radius 3 is 2.55 bits per heavy atom. The Morgan fingerprint density at radius 2 is 1.87 bits per heavy atom. The van der Waals surface area contributed by atoms with Crippen LogP contribution in [0.4, 0.5) is 10.6 Å². The molecule has 3 unspecified atom stereocenters. The fraction of sp³-hybridized carbons (Fsp3) is 0.654. The third-order valence-corrected chi connectivity index (χ3v) is 8.67. The SMILES string of the molecule is CC1CN(c2nc(=O)n3c4c(c(Br)c(Cl)cc24)OCC(N2CCOCC2)C3)C(C)CN1C(=O)OC(C)(C)C. The second kappa shape index (κ2) is 10.5. The molecule has 0 saturated carbocycles. The molecule has 1 aromatic carbocycles. The lowest BCUT2D eigenvalue weighted by Gasteiger charge is -2.45. The topological polar surface area (TPSA) is 89.4 Å². The van der Waals surface area contributed by atoms with Crippen LogP contribution < -0.4 is 15.3 Å². The van der Waals surface area contributed by atoms with Crippen LogP contribution in [0.2, 0.25) is 5.02 Å². The van der Waals surface area contributed by atoms with Crippen molar-refractivity contribution < 1.29 is 19.0 Å². The molecule has 2 fully saturated rings. The minimum Gasteiger partial charge on any atom is -0.488 e. The van der Waals surface area contributed by atoms with Gasteiger partial charge in [0.05, 0.1) is 34.3 Å². The summed E-state index contributed by atoms with van der Waals surface area (Å²) in [6.07, 6.45) is -0.340. The maximum Gasteiger partial charge on any atom is 0.410 e. The zero-order chi connectivity index (χ0) is 27.4. The summed E-state index contributed by atoms with van der Waals surface area (Å²) in [5, 5.41) is 1.24. The summed E-state index contributed by atoms with van der Waals surface area (Å²) in [7, 11) is 0. The lowest BCUT2D eigenvalue weighted by Crippen LogP contribution is -2.59. The number of carbonyl (C=O) groups excluding carboxylic acids is 1. The Bertz CT molecular complexity index is 1290. The monoisotopic (exact) mass is 611 g/mol. The van der Waals surface area contributed by atoms with E-state index in [2.05, 4.69) is 30.7 Å². The highest BCUT2D eigenvalue weighted by Gasteiger charge is 2.37. The Labute approximate surface area is 235 Å². The van der Waals surface area contributed by atoms with Gasteiger partial charge in [0, 0.05) is 50.2 Å². The highest BCUT2D eigenvalue weighted by Crippen LogP contribution is 2.43. The molecule has 0 N–H and O–H groups in total. The fourth-order valence-corrected chi connectivity index (χ4v) is 6.07. The first kappa shape index (κ1) is 27.5. The summed E-state index contributed by atoms with van der Waals surface area (Å²) in [4.78, 5) is 37.2. The smallest absolute Gasteiger partial charge is 0.410 e. The molecule has 0 bridgehead atoms. The summed E-state index contributed by atoms with van der Waals surface area (Å²) in [6.45, 7) is 14.3. The number of carbonyl (C=O) groups is 1. The summed E-state index contributed by atoms with van der Waals surface area (Å²) < 4.78 is 19.8. The molecule has 4 heterocycles. The first-order valence-electron chi connectivity index (χ1n) is 13.1. The molecule has 1 aromatic heterocycles. The van der Waals surface area contributed by atoms with Crippen molar-refractivity contribution in [1.82, 2.24) is 19.4 Å². The van der Waals surface area contributed by atoms with Crippen LogP contribution in [0.1, 0.15) is 34.6 Å². The van der Waals surface area contributed by atoms with E-state index in [1.165, 1.54) is 0 Å². The molecular formula is C26H35BrClN5O5. The number of rotatable bonds is 2. The van der Waals surface area contributed by atoms with E-state index >= 15 is 0 Å². The van der Waals surface area contributed by atoms with Crippen molar-refractivity contribution in [3.8, 4) is 5.75 Å². The maximum atomic E-state index is 13.6. The normalized spacial score (nSPS) is 24.8. The summed E-state index contributed by atoms with van der Waals surface area (Å²) in [5.41, 5.74) is -0.228. The zero-order valence-corrected chi connectivity index (χ0v) is 24.8. The minimum atomic E-state index is -0.578. The Balaban J connectivity index is 1.54. The molecule has 3 aliphatic rings. The van der Waals surface area contributed by atoms with Gasteiger partial charge in [0.1, 0.15) is 18.0 Å². The van der Waals surface area contributed by atoms with Crippen molar-refractivity contribution in [2.45, 2.75) is 64.9 Å². The summed E-state index contributed by atoms with van der Waals surface area (Å²) >= 11 is 10.3. The first-order chi connectivity index (χ1) is 17.9. The third-order valence-electron chi connectivity index (χ3n) is 7.36. The first-order valence-corrected chi connectivity index (χ1v) is 14.2.